The Labute approximate surface area is 241 Å². The van der Waals surface area contributed by atoms with Gasteiger partial charge in [0.2, 0.25) is 0 Å². The lowest BCUT2D eigenvalue weighted by Crippen LogP contribution is -2.34. The van der Waals surface area contributed by atoms with Gasteiger partial charge in [0.05, 0.1) is 17.5 Å². The van der Waals surface area contributed by atoms with Gasteiger partial charge in [0.25, 0.3) is 0 Å². The molecule has 9 heteroatoms. The van der Waals surface area contributed by atoms with Crippen LogP contribution in [0.25, 0.3) is 11.0 Å². The van der Waals surface area contributed by atoms with Gasteiger partial charge in [-0.15, -0.1) is 16.4 Å². The molecule has 0 aliphatic carbocycles. The number of benzene rings is 1. The van der Waals surface area contributed by atoms with Gasteiger partial charge in [0, 0.05) is 41.2 Å². The predicted molar refractivity (Wildman–Crippen MR) is 160 cm³/mol. The molecule has 0 radical (unpaired) electrons. The Morgan fingerprint density at radius 2 is 1.93 bits per heavy atom. The summed E-state index contributed by atoms with van der Waals surface area (Å²) in [6, 6.07) is 6.33. The lowest BCUT2D eigenvalue weighted by molar-refractivity contribution is -0.147. The molecule has 8 nitrogen and oxygen atoms in total. The van der Waals surface area contributed by atoms with Crippen LogP contribution in [0.1, 0.15) is 85.1 Å². The number of hydrogen-bond acceptors (Lipinski definition) is 6. The third kappa shape index (κ3) is 5.33. The Hall–Kier alpha value is -3.04. The van der Waals surface area contributed by atoms with Crippen molar-refractivity contribution in [3.05, 3.63) is 62.9 Å². The number of nitrogens with zero attached hydrogens (tertiary/aromatic N) is 6. The monoisotopic (exact) mass is 562 g/mol. The van der Waals surface area contributed by atoms with Crippen molar-refractivity contribution in [1.29, 1.82) is 0 Å². The zero-order chi connectivity index (χ0) is 28.6. The largest absolute Gasteiger partial charge is 0.481 e. The van der Waals surface area contributed by atoms with Crippen LogP contribution in [0, 0.1) is 25.2 Å². The van der Waals surface area contributed by atoms with Gasteiger partial charge in [0.1, 0.15) is 11.3 Å². The number of hydrogen-bond donors (Lipinski definition) is 1. The molecular weight excluding hydrogens is 520 g/mol. The van der Waals surface area contributed by atoms with Crippen LogP contribution in [0.3, 0.4) is 0 Å². The molecule has 1 N–H and O–H groups in total. The van der Waals surface area contributed by atoms with Crippen LogP contribution in [0.5, 0.6) is 0 Å². The maximum atomic E-state index is 12.6. The van der Waals surface area contributed by atoms with Gasteiger partial charge in [-0.05, 0) is 95.3 Å². The molecule has 1 aromatic carbocycles. The Morgan fingerprint density at radius 3 is 2.60 bits per heavy atom. The minimum Gasteiger partial charge on any atom is -0.481 e. The summed E-state index contributed by atoms with van der Waals surface area (Å²) in [5, 5.41) is 19.1. The second-order valence-electron chi connectivity index (χ2n) is 11.8. The van der Waals surface area contributed by atoms with Crippen molar-refractivity contribution in [3.63, 3.8) is 0 Å². The van der Waals surface area contributed by atoms with E-state index >= 15 is 0 Å². The number of carboxylic acids is 1. The van der Waals surface area contributed by atoms with E-state index in [1.165, 1.54) is 29.7 Å². The first-order chi connectivity index (χ1) is 19.1. The fraction of sp³-hybridized carbons (Fsp3) is 0.548. The van der Waals surface area contributed by atoms with Crippen LogP contribution in [0.4, 0.5) is 0 Å². The number of aryl methyl sites for hydroxylation is 3. The van der Waals surface area contributed by atoms with E-state index in [1.54, 1.807) is 11.3 Å². The Balaban J connectivity index is 1.46. The number of fused-ring (bicyclic) bond motifs is 1. The summed E-state index contributed by atoms with van der Waals surface area (Å²) in [6.07, 6.45) is 7.78. The van der Waals surface area contributed by atoms with Crippen LogP contribution >= 0.6 is 11.3 Å². The van der Waals surface area contributed by atoms with E-state index in [-0.39, 0.29) is 5.92 Å². The molecule has 0 bridgehead atoms. The second-order valence-corrected chi connectivity index (χ2v) is 13.1. The van der Waals surface area contributed by atoms with Gasteiger partial charge in [-0.3, -0.25) is 9.69 Å². The minimum atomic E-state index is -1.02. The van der Waals surface area contributed by atoms with Crippen molar-refractivity contribution in [3.8, 4) is 0 Å². The number of carbonyl (C=O) groups is 1. The maximum absolute atomic E-state index is 12.6. The molecule has 0 amide bonds. The molecular formula is C31H42N6O2S. The van der Waals surface area contributed by atoms with Crippen molar-refractivity contribution in [1.82, 2.24) is 29.4 Å². The lowest BCUT2D eigenvalue weighted by atomic mass is 9.72. The summed E-state index contributed by atoms with van der Waals surface area (Å²) < 4.78 is 4.13. The summed E-state index contributed by atoms with van der Waals surface area (Å²) >= 11 is 1.70. The highest BCUT2D eigenvalue weighted by molar-refractivity contribution is 7.12. The standard InChI is InChI=1S/C31H42N6O2S/c1-7-22-11-14-35(15-12-22)19-27-32-13-16-36(27)18-23-17-26(40-21(23)4)28(31(5,6)30(38)39)24-9-10-25-29(20(24)3)33-34-37(25)8-2/h9-10,13,16-17,22,28H,7-8,11-12,14-15,18-19H2,1-6H3,(H,38,39)/t28-/m1/s1. The van der Waals surface area contributed by atoms with Crippen molar-refractivity contribution in [2.75, 3.05) is 13.1 Å². The van der Waals surface area contributed by atoms with E-state index in [9.17, 15) is 9.90 Å². The molecule has 4 aromatic rings. The van der Waals surface area contributed by atoms with Crippen molar-refractivity contribution in [2.24, 2.45) is 11.3 Å². The van der Waals surface area contributed by atoms with Crippen LogP contribution < -0.4 is 0 Å². The number of carboxylic acid groups (broad SMARTS) is 1. The van der Waals surface area contributed by atoms with Gasteiger partial charge in [-0.25, -0.2) is 9.67 Å². The maximum Gasteiger partial charge on any atom is 0.310 e. The van der Waals surface area contributed by atoms with E-state index in [0.29, 0.717) is 0 Å². The summed E-state index contributed by atoms with van der Waals surface area (Å²) in [5.74, 6) is 0.810. The van der Waals surface area contributed by atoms with Crippen molar-refractivity contribution < 1.29 is 9.90 Å². The highest BCUT2D eigenvalue weighted by Gasteiger charge is 2.41. The molecule has 214 valence electrons. The molecule has 4 heterocycles. The van der Waals surface area contributed by atoms with Gasteiger partial charge < -0.3 is 9.67 Å². The number of aliphatic carboxylic acids is 1. The van der Waals surface area contributed by atoms with Crippen LogP contribution in [0.15, 0.2) is 30.6 Å². The molecule has 3 aromatic heterocycles. The van der Waals surface area contributed by atoms with Crippen molar-refractivity contribution in [2.45, 2.75) is 86.4 Å². The van der Waals surface area contributed by atoms with Gasteiger partial charge in [0.15, 0.2) is 0 Å². The minimum absolute atomic E-state index is 0.319. The fourth-order valence-corrected chi connectivity index (χ4v) is 7.52. The average molecular weight is 563 g/mol. The Bertz CT molecular complexity index is 1490. The lowest BCUT2D eigenvalue weighted by Gasteiger charge is -2.31. The molecule has 1 saturated heterocycles. The normalized spacial score (nSPS) is 16.1. The number of likely N-dealkylation sites (tertiary alicyclic amines) is 1. The number of piperidine rings is 1. The van der Waals surface area contributed by atoms with Gasteiger partial charge in [-0.2, -0.15) is 0 Å². The first-order valence-corrected chi connectivity index (χ1v) is 15.3. The first kappa shape index (κ1) is 28.5. The van der Waals surface area contributed by atoms with Gasteiger partial charge >= 0.3 is 5.97 Å². The van der Waals surface area contributed by atoms with E-state index in [0.717, 1.165) is 71.5 Å². The molecule has 0 saturated carbocycles. The number of thiophene rings is 1. The molecule has 0 spiro atoms. The van der Waals surface area contributed by atoms with E-state index in [1.807, 2.05) is 44.6 Å². The molecule has 0 unspecified atom stereocenters. The Morgan fingerprint density at radius 1 is 1.18 bits per heavy atom. The quantitative estimate of drug-likeness (QED) is 0.246. The molecule has 5 rings (SSSR count). The van der Waals surface area contributed by atoms with Crippen LogP contribution in [-0.4, -0.2) is 53.6 Å². The Kier molecular flexibility index (Phi) is 8.15. The third-order valence-electron chi connectivity index (χ3n) is 8.98. The molecule has 1 atom stereocenters. The van der Waals surface area contributed by atoms with Crippen LogP contribution in [-0.2, 0) is 24.4 Å². The van der Waals surface area contributed by atoms with Crippen molar-refractivity contribution >= 4 is 28.3 Å². The summed E-state index contributed by atoms with van der Waals surface area (Å²) in [7, 11) is 0. The van der Waals surface area contributed by atoms with E-state index in [2.05, 4.69) is 52.0 Å². The molecule has 1 fully saturated rings. The zero-order valence-corrected chi connectivity index (χ0v) is 25.5. The molecule has 1 aliphatic heterocycles. The molecule has 40 heavy (non-hydrogen) atoms. The number of rotatable bonds is 10. The first-order valence-electron chi connectivity index (χ1n) is 14.5. The summed E-state index contributed by atoms with van der Waals surface area (Å²) in [5.41, 5.74) is 4.00. The second kappa shape index (κ2) is 11.4. The third-order valence-corrected chi connectivity index (χ3v) is 10.1. The van der Waals surface area contributed by atoms with E-state index < -0.39 is 11.4 Å². The topological polar surface area (TPSA) is 89.1 Å². The highest BCUT2D eigenvalue weighted by atomic mass is 32.1. The zero-order valence-electron chi connectivity index (χ0n) is 24.6. The number of imidazole rings is 1. The highest BCUT2D eigenvalue weighted by Crippen LogP contribution is 2.46. The fourth-order valence-electron chi connectivity index (χ4n) is 6.17. The van der Waals surface area contributed by atoms with Gasteiger partial charge in [-0.1, -0.05) is 24.6 Å². The summed E-state index contributed by atoms with van der Waals surface area (Å²) in [4.78, 5) is 22.1. The summed E-state index contributed by atoms with van der Waals surface area (Å²) in [6.45, 7) is 16.8. The molecule has 1 aliphatic rings. The van der Waals surface area contributed by atoms with Crippen LogP contribution in [0.2, 0.25) is 0 Å². The predicted octanol–water partition coefficient (Wildman–Crippen LogP) is 6.24. The average Bonchev–Trinajstić information content (AvgIpc) is 3.65. The SMILES string of the molecule is CCC1CCN(Cc2nccn2Cc2cc([C@@H](c3ccc4c(nnn4CC)c3C)C(C)(C)C(=O)O)sc2C)CC1. The number of aromatic nitrogens is 5. The smallest absolute Gasteiger partial charge is 0.310 e. The van der Waals surface area contributed by atoms with E-state index in [4.69, 9.17) is 4.98 Å².